The van der Waals surface area contributed by atoms with Gasteiger partial charge in [-0.15, -0.1) is 0 Å². The SMILES string of the molecule is CCCCCN(CCC)c1ccnc2c1CCN2C(=O)Nc1cc(F)c2nc(C)cn2c1. The molecule has 0 atom stereocenters. The number of imidazole rings is 1. The molecule has 0 fully saturated rings. The second-order valence-electron chi connectivity index (χ2n) is 8.35. The Morgan fingerprint density at radius 2 is 2.06 bits per heavy atom. The van der Waals surface area contributed by atoms with Gasteiger partial charge in [-0.25, -0.2) is 19.2 Å². The number of hydrogen-bond donors (Lipinski definition) is 1. The number of hydrogen-bond acceptors (Lipinski definition) is 4. The molecule has 3 aromatic heterocycles. The number of rotatable bonds is 8. The van der Waals surface area contributed by atoms with Crippen molar-refractivity contribution in [2.24, 2.45) is 0 Å². The Morgan fingerprint density at radius 3 is 2.84 bits per heavy atom. The summed E-state index contributed by atoms with van der Waals surface area (Å²) in [5.41, 5.74) is 3.63. The summed E-state index contributed by atoms with van der Waals surface area (Å²) in [5.74, 6) is 0.219. The number of aromatic nitrogens is 3. The second kappa shape index (κ2) is 9.54. The molecule has 170 valence electrons. The number of anilines is 3. The topological polar surface area (TPSA) is 65.8 Å². The number of nitrogens with zero attached hydrogens (tertiary/aromatic N) is 5. The standard InChI is InChI=1S/C24H31FN6O/c1-4-6-7-12-29(11-5-2)21-8-10-26-22-19(21)9-13-31(22)24(32)28-18-14-20(25)23-27-17(3)15-30(23)16-18/h8,10,14-16H,4-7,9,11-13H2,1-3H3,(H,28,32). The molecule has 0 bridgehead atoms. The Kier molecular flexibility index (Phi) is 6.58. The third-order valence-corrected chi connectivity index (χ3v) is 5.84. The van der Waals surface area contributed by atoms with Crippen LogP contribution in [0.1, 0.15) is 50.8 Å². The zero-order valence-electron chi connectivity index (χ0n) is 19.1. The van der Waals surface area contributed by atoms with Gasteiger partial charge in [-0.2, -0.15) is 0 Å². The van der Waals surface area contributed by atoms with E-state index in [1.807, 2.05) is 0 Å². The summed E-state index contributed by atoms with van der Waals surface area (Å²) in [4.78, 5) is 25.8. The van der Waals surface area contributed by atoms with Crippen molar-refractivity contribution in [3.63, 3.8) is 0 Å². The molecule has 7 nitrogen and oxygen atoms in total. The second-order valence-corrected chi connectivity index (χ2v) is 8.35. The fraction of sp³-hybridized carbons (Fsp3) is 0.458. The number of unbranched alkanes of at least 4 members (excludes halogenated alkanes) is 2. The molecule has 32 heavy (non-hydrogen) atoms. The van der Waals surface area contributed by atoms with Crippen molar-refractivity contribution in [1.29, 1.82) is 0 Å². The number of halogens is 1. The third kappa shape index (κ3) is 4.40. The van der Waals surface area contributed by atoms with Crippen LogP contribution in [-0.2, 0) is 6.42 Å². The van der Waals surface area contributed by atoms with E-state index >= 15 is 0 Å². The molecular weight excluding hydrogens is 407 g/mol. The zero-order chi connectivity index (χ0) is 22.7. The van der Waals surface area contributed by atoms with Crippen LogP contribution in [0.2, 0.25) is 0 Å². The fourth-order valence-corrected chi connectivity index (χ4v) is 4.38. The molecule has 0 radical (unpaired) electrons. The predicted molar refractivity (Wildman–Crippen MR) is 126 cm³/mol. The lowest BCUT2D eigenvalue weighted by Crippen LogP contribution is -2.34. The van der Waals surface area contributed by atoms with E-state index in [2.05, 4.69) is 40.1 Å². The highest BCUT2D eigenvalue weighted by atomic mass is 19.1. The Hall–Kier alpha value is -3.16. The molecule has 3 aromatic rings. The fourth-order valence-electron chi connectivity index (χ4n) is 4.38. The first-order valence-corrected chi connectivity index (χ1v) is 11.5. The molecule has 0 saturated carbocycles. The molecule has 1 aliphatic heterocycles. The quantitative estimate of drug-likeness (QED) is 0.492. The van der Waals surface area contributed by atoms with Crippen molar-refractivity contribution in [2.45, 2.75) is 52.9 Å². The predicted octanol–water partition coefficient (Wildman–Crippen LogP) is 5.18. The Bertz CT molecular complexity index is 1110. The maximum Gasteiger partial charge on any atom is 0.327 e. The molecule has 8 heteroatoms. The number of pyridine rings is 2. The number of aryl methyl sites for hydroxylation is 1. The molecule has 0 saturated heterocycles. The van der Waals surface area contributed by atoms with Crippen molar-refractivity contribution in [2.75, 3.05) is 34.8 Å². The van der Waals surface area contributed by atoms with Crippen LogP contribution in [0.3, 0.4) is 0 Å². The summed E-state index contributed by atoms with van der Waals surface area (Å²) in [6, 6.07) is 3.06. The van der Waals surface area contributed by atoms with E-state index in [-0.39, 0.29) is 11.7 Å². The van der Waals surface area contributed by atoms with Gasteiger partial charge in [-0.05, 0) is 32.3 Å². The minimum absolute atomic E-state index is 0.248. The maximum atomic E-state index is 14.4. The largest absolute Gasteiger partial charge is 0.371 e. The van der Waals surface area contributed by atoms with Gasteiger partial charge < -0.3 is 14.6 Å². The monoisotopic (exact) mass is 438 g/mol. The van der Waals surface area contributed by atoms with E-state index in [0.717, 1.165) is 37.9 Å². The average molecular weight is 439 g/mol. The lowest BCUT2D eigenvalue weighted by molar-refractivity contribution is 0.257. The zero-order valence-corrected chi connectivity index (χ0v) is 19.1. The lowest BCUT2D eigenvalue weighted by atomic mass is 10.1. The first-order chi connectivity index (χ1) is 15.5. The van der Waals surface area contributed by atoms with Gasteiger partial charge in [0.15, 0.2) is 11.5 Å². The summed E-state index contributed by atoms with van der Waals surface area (Å²) in [6.45, 7) is 8.74. The van der Waals surface area contributed by atoms with Gasteiger partial charge in [0.25, 0.3) is 0 Å². The Labute approximate surface area is 188 Å². The number of fused-ring (bicyclic) bond motifs is 2. The molecule has 0 aliphatic carbocycles. The number of amides is 2. The molecule has 0 unspecified atom stereocenters. The molecule has 1 N–H and O–H groups in total. The molecule has 0 aromatic carbocycles. The van der Waals surface area contributed by atoms with Crippen LogP contribution in [0.4, 0.5) is 26.4 Å². The summed E-state index contributed by atoms with van der Waals surface area (Å²) in [6.07, 6.45) is 10.6. The van der Waals surface area contributed by atoms with E-state index in [1.165, 1.54) is 24.6 Å². The van der Waals surface area contributed by atoms with Crippen molar-refractivity contribution in [3.05, 3.63) is 47.8 Å². The van der Waals surface area contributed by atoms with Crippen LogP contribution in [0.5, 0.6) is 0 Å². The number of nitrogens with one attached hydrogen (secondary N) is 1. The molecule has 4 heterocycles. The van der Waals surface area contributed by atoms with Crippen molar-refractivity contribution >= 4 is 28.9 Å². The average Bonchev–Trinajstić information content (AvgIpc) is 3.36. The van der Waals surface area contributed by atoms with Gasteiger partial charge in [0.1, 0.15) is 5.82 Å². The van der Waals surface area contributed by atoms with Gasteiger partial charge in [0.05, 0.1) is 11.4 Å². The van der Waals surface area contributed by atoms with Crippen LogP contribution in [0, 0.1) is 12.7 Å². The van der Waals surface area contributed by atoms with Crippen molar-refractivity contribution in [3.8, 4) is 0 Å². The minimum Gasteiger partial charge on any atom is -0.371 e. The van der Waals surface area contributed by atoms with Gasteiger partial charge in [-0.3, -0.25) is 4.90 Å². The van der Waals surface area contributed by atoms with Gasteiger partial charge >= 0.3 is 6.03 Å². The molecule has 1 aliphatic rings. The third-order valence-electron chi connectivity index (χ3n) is 5.84. The van der Waals surface area contributed by atoms with Gasteiger partial charge in [0.2, 0.25) is 0 Å². The van der Waals surface area contributed by atoms with Crippen molar-refractivity contribution < 1.29 is 9.18 Å². The first-order valence-electron chi connectivity index (χ1n) is 11.5. The van der Waals surface area contributed by atoms with E-state index < -0.39 is 5.82 Å². The van der Waals surface area contributed by atoms with Crippen LogP contribution in [0.25, 0.3) is 5.65 Å². The van der Waals surface area contributed by atoms with E-state index in [1.54, 1.807) is 34.8 Å². The molecule has 0 spiro atoms. The minimum atomic E-state index is -0.472. The normalized spacial score (nSPS) is 12.9. The number of urea groups is 1. The molecular formula is C24H31FN6O. The van der Waals surface area contributed by atoms with Crippen molar-refractivity contribution in [1.82, 2.24) is 14.4 Å². The van der Waals surface area contributed by atoms with Crippen LogP contribution in [-0.4, -0.2) is 40.0 Å². The maximum absolute atomic E-state index is 14.4. The summed E-state index contributed by atoms with van der Waals surface area (Å²) >= 11 is 0. The molecule has 4 rings (SSSR count). The van der Waals surface area contributed by atoms with Crippen LogP contribution < -0.4 is 15.1 Å². The van der Waals surface area contributed by atoms with E-state index in [4.69, 9.17) is 0 Å². The van der Waals surface area contributed by atoms with Gasteiger partial charge in [-0.1, -0.05) is 26.7 Å². The number of carbonyl (C=O) groups excluding carboxylic acids is 1. The lowest BCUT2D eigenvalue weighted by Gasteiger charge is -2.26. The Balaban J connectivity index is 1.55. The smallest absolute Gasteiger partial charge is 0.327 e. The van der Waals surface area contributed by atoms with Crippen LogP contribution in [0.15, 0.2) is 30.7 Å². The highest BCUT2D eigenvalue weighted by Crippen LogP contribution is 2.34. The first kappa shape index (κ1) is 22.0. The summed E-state index contributed by atoms with van der Waals surface area (Å²) in [7, 11) is 0. The highest BCUT2D eigenvalue weighted by molar-refractivity contribution is 6.03. The highest BCUT2D eigenvalue weighted by Gasteiger charge is 2.29. The summed E-state index contributed by atoms with van der Waals surface area (Å²) < 4.78 is 16.0. The van der Waals surface area contributed by atoms with E-state index in [9.17, 15) is 9.18 Å². The van der Waals surface area contributed by atoms with Crippen LogP contribution >= 0.6 is 0 Å². The van der Waals surface area contributed by atoms with E-state index in [0.29, 0.717) is 23.7 Å². The molecule has 2 amide bonds. The van der Waals surface area contributed by atoms with Gasteiger partial charge in [0, 0.05) is 55.5 Å². The summed E-state index contributed by atoms with van der Waals surface area (Å²) in [5, 5.41) is 2.83. The Morgan fingerprint density at radius 1 is 1.22 bits per heavy atom. The number of carbonyl (C=O) groups is 1.